The summed E-state index contributed by atoms with van der Waals surface area (Å²) in [7, 11) is 0. The number of hydrogen-bond donors (Lipinski definition) is 2. The highest BCUT2D eigenvalue weighted by Crippen LogP contribution is 2.40. The zero-order valence-corrected chi connectivity index (χ0v) is 16.5. The molecule has 2 aliphatic rings. The fraction of sp³-hybridized carbons (Fsp3) is 0.667. The minimum absolute atomic E-state index is 0.224. The Kier molecular flexibility index (Phi) is 6.30. The zero-order chi connectivity index (χ0) is 17.8. The number of fused-ring (bicyclic) bond motifs is 1. The normalized spacial score (nSPS) is 22.3. The molecular weight excluding hydrogens is 356 g/mol. The third kappa shape index (κ3) is 4.51. The molecule has 3 rings (SSSR count). The molecule has 5 nitrogen and oxygen atoms in total. The van der Waals surface area contributed by atoms with Crippen molar-refractivity contribution in [3.05, 3.63) is 16.0 Å². The van der Waals surface area contributed by atoms with Crippen LogP contribution in [0, 0.1) is 5.92 Å². The van der Waals surface area contributed by atoms with Crippen molar-refractivity contribution in [2.24, 2.45) is 5.92 Å². The predicted molar refractivity (Wildman–Crippen MR) is 105 cm³/mol. The number of ether oxygens (including phenoxy) is 2. The Balaban J connectivity index is 1.72. The van der Waals surface area contributed by atoms with E-state index < -0.39 is 0 Å². The average Bonchev–Trinajstić information content (AvgIpc) is 3.19. The van der Waals surface area contributed by atoms with E-state index in [0.717, 1.165) is 49.3 Å². The van der Waals surface area contributed by atoms with Crippen molar-refractivity contribution in [3.8, 4) is 0 Å². The Hall–Kier alpha value is -1.18. The first-order chi connectivity index (χ1) is 12.1. The number of esters is 1. The van der Waals surface area contributed by atoms with E-state index in [2.05, 4.69) is 17.6 Å². The molecule has 0 aromatic carbocycles. The van der Waals surface area contributed by atoms with Crippen LogP contribution in [-0.4, -0.2) is 36.9 Å². The molecule has 25 heavy (non-hydrogen) atoms. The largest absolute Gasteiger partial charge is 0.462 e. The van der Waals surface area contributed by atoms with E-state index in [1.54, 1.807) is 11.3 Å². The molecule has 0 amide bonds. The van der Waals surface area contributed by atoms with E-state index in [0.29, 0.717) is 29.7 Å². The molecule has 0 bridgehead atoms. The third-order valence-electron chi connectivity index (χ3n) is 4.73. The van der Waals surface area contributed by atoms with Gasteiger partial charge < -0.3 is 20.1 Å². The van der Waals surface area contributed by atoms with Crippen molar-refractivity contribution in [1.29, 1.82) is 0 Å². The number of nitrogens with one attached hydrogen (secondary N) is 2. The number of thiocarbonyl (C=S) groups is 1. The first-order valence-electron chi connectivity index (χ1n) is 9.06. The summed E-state index contributed by atoms with van der Waals surface area (Å²) in [5, 5.41) is 7.78. The van der Waals surface area contributed by atoms with Crippen LogP contribution in [0.2, 0.25) is 0 Å². The lowest BCUT2D eigenvalue weighted by atomic mass is 9.88. The van der Waals surface area contributed by atoms with Crippen LogP contribution in [-0.2, 0) is 22.3 Å². The highest BCUT2D eigenvalue weighted by atomic mass is 32.1. The summed E-state index contributed by atoms with van der Waals surface area (Å²) in [6, 6.07) is 0. The molecule has 2 heterocycles. The molecule has 1 fully saturated rings. The van der Waals surface area contributed by atoms with Crippen LogP contribution in [0.15, 0.2) is 0 Å². The molecule has 0 spiro atoms. The smallest absolute Gasteiger partial charge is 0.341 e. The Morgan fingerprint density at radius 3 is 3.00 bits per heavy atom. The molecule has 1 aliphatic heterocycles. The van der Waals surface area contributed by atoms with Crippen molar-refractivity contribution in [2.45, 2.75) is 52.1 Å². The lowest BCUT2D eigenvalue weighted by molar-refractivity contribution is 0.0526. The number of hydrogen-bond acceptors (Lipinski definition) is 5. The first-order valence-corrected chi connectivity index (χ1v) is 10.3. The third-order valence-corrected chi connectivity index (χ3v) is 6.15. The lowest BCUT2D eigenvalue weighted by Crippen LogP contribution is -2.35. The Morgan fingerprint density at radius 2 is 2.28 bits per heavy atom. The molecule has 0 unspecified atom stereocenters. The van der Waals surface area contributed by atoms with Gasteiger partial charge in [0, 0.05) is 18.0 Å². The van der Waals surface area contributed by atoms with Gasteiger partial charge in [-0.05, 0) is 62.7 Å². The zero-order valence-electron chi connectivity index (χ0n) is 14.9. The van der Waals surface area contributed by atoms with E-state index in [1.165, 1.54) is 4.88 Å². The number of rotatable bonds is 5. The highest BCUT2D eigenvalue weighted by molar-refractivity contribution is 7.80. The molecule has 2 atom stereocenters. The van der Waals surface area contributed by atoms with Crippen molar-refractivity contribution >= 4 is 39.6 Å². The maximum atomic E-state index is 12.5. The lowest BCUT2D eigenvalue weighted by Gasteiger charge is -2.18. The van der Waals surface area contributed by atoms with E-state index in [4.69, 9.17) is 21.7 Å². The first kappa shape index (κ1) is 18.6. The van der Waals surface area contributed by atoms with Crippen LogP contribution < -0.4 is 10.6 Å². The van der Waals surface area contributed by atoms with Crippen LogP contribution in [0.1, 0.15) is 53.9 Å². The van der Waals surface area contributed by atoms with Gasteiger partial charge in [0.1, 0.15) is 5.00 Å². The maximum absolute atomic E-state index is 12.5. The summed E-state index contributed by atoms with van der Waals surface area (Å²) in [4.78, 5) is 13.8. The molecule has 2 N–H and O–H groups in total. The monoisotopic (exact) mass is 382 g/mol. The van der Waals surface area contributed by atoms with Gasteiger partial charge in [-0.1, -0.05) is 6.92 Å². The number of thiophene rings is 1. The molecule has 1 aromatic heterocycles. The average molecular weight is 383 g/mol. The summed E-state index contributed by atoms with van der Waals surface area (Å²) < 4.78 is 10.9. The van der Waals surface area contributed by atoms with Gasteiger partial charge in [-0.2, -0.15) is 0 Å². The van der Waals surface area contributed by atoms with Gasteiger partial charge in [0.25, 0.3) is 0 Å². The number of anilines is 1. The summed E-state index contributed by atoms with van der Waals surface area (Å²) in [6.45, 7) is 5.99. The molecule has 1 saturated heterocycles. The van der Waals surface area contributed by atoms with Crippen molar-refractivity contribution in [1.82, 2.24) is 5.32 Å². The van der Waals surface area contributed by atoms with Crippen LogP contribution in [0.5, 0.6) is 0 Å². The SMILES string of the molecule is CCOC(=O)c1c(NC(=S)NC[C@H]2CCCO2)sc2c1CC[C@@H](C)C2. The molecule has 0 saturated carbocycles. The van der Waals surface area contributed by atoms with E-state index in [-0.39, 0.29) is 12.1 Å². The van der Waals surface area contributed by atoms with Crippen LogP contribution in [0.25, 0.3) is 0 Å². The van der Waals surface area contributed by atoms with Crippen molar-refractivity contribution in [3.63, 3.8) is 0 Å². The molecule has 138 valence electrons. The highest BCUT2D eigenvalue weighted by Gasteiger charge is 2.28. The summed E-state index contributed by atoms with van der Waals surface area (Å²) in [5.41, 5.74) is 1.82. The molecule has 0 radical (unpaired) electrons. The second kappa shape index (κ2) is 8.47. The van der Waals surface area contributed by atoms with E-state index in [1.807, 2.05) is 6.92 Å². The predicted octanol–water partition coefficient (Wildman–Crippen LogP) is 3.52. The molecule has 1 aromatic rings. The van der Waals surface area contributed by atoms with Gasteiger partial charge >= 0.3 is 5.97 Å². The van der Waals surface area contributed by atoms with Gasteiger partial charge in [0.05, 0.1) is 18.3 Å². The van der Waals surface area contributed by atoms with Crippen LogP contribution >= 0.6 is 23.6 Å². The fourth-order valence-corrected chi connectivity index (χ4v) is 5.07. The quantitative estimate of drug-likeness (QED) is 0.600. The molecular formula is C18H26N2O3S2. The second-order valence-electron chi connectivity index (χ2n) is 6.75. The van der Waals surface area contributed by atoms with Gasteiger partial charge in [-0.25, -0.2) is 4.79 Å². The Labute approximate surface area is 158 Å². The topological polar surface area (TPSA) is 59.6 Å². The maximum Gasteiger partial charge on any atom is 0.341 e. The van der Waals surface area contributed by atoms with E-state index >= 15 is 0 Å². The van der Waals surface area contributed by atoms with Gasteiger partial charge in [-0.3, -0.25) is 0 Å². The Morgan fingerprint density at radius 1 is 1.44 bits per heavy atom. The summed E-state index contributed by atoms with van der Waals surface area (Å²) in [6.07, 6.45) is 5.45. The fourth-order valence-electron chi connectivity index (χ4n) is 3.42. The number of carbonyl (C=O) groups is 1. The number of carbonyl (C=O) groups excluding carboxylic acids is 1. The van der Waals surface area contributed by atoms with Crippen LogP contribution in [0.4, 0.5) is 5.00 Å². The minimum atomic E-state index is -0.251. The second-order valence-corrected chi connectivity index (χ2v) is 8.26. The van der Waals surface area contributed by atoms with Crippen molar-refractivity contribution in [2.75, 3.05) is 25.1 Å². The van der Waals surface area contributed by atoms with E-state index in [9.17, 15) is 4.79 Å². The molecule has 1 aliphatic carbocycles. The van der Waals surface area contributed by atoms with Gasteiger partial charge in [-0.15, -0.1) is 11.3 Å². The Bertz CT molecular complexity index is 639. The minimum Gasteiger partial charge on any atom is -0.462 e. The van der Waals surface area contributed by atoms with Gasteiger partial charge in [0.2, 0.25) is 0 Å². The van der Waals surface area contributed by atoms with Gasteiger partial charge in [0.15, 0.2) is 5.11 Å². The van der Waals surface area contributed by atoms with Crippen molar-refractivity contribution < 1.29 is 14.3 Å². The van der Waals surface area contributed by atoms with Crippen LogP contribution in [0.3, 0.4) is 0 Å². The summed E-state index contributed by atoms with van der Waals surface area (Å²) in [5.74, 6) is 0.401. The standard InChI is InChI=1S/C18H26N2O3S2/c1-3-22-17(21)15-13-7-6-11(2)9-14(13)25-16(15)20-18(24)19-10-12-5-4-8-23-12/h11-12H,3-10H2,1-2H3,(H2,19,20,24)/t11-,12-/m1/s1. The molecule has 7 heteroatoms. The summed E-state index contributed by atoms with van der Waals surface area (Å²) >= 11 is 7.06.